The predicted molar refractivity (Wildman–Crippen MR) is 64.2 cm³/mol. The van der Waals surface area contributed by atoms with Gasteiger partial charge in [-0.25, -0.2) is 0 Å². The summed E-state index contributed by atoms with van der Waals surface area (Å²) in [6.45, 7) is 3.55. The van der Waals surface area contributed by atoms with E-state index in [4.69, 9.17) is 4.74 Å². The van der Waals surface area contributed by atoms with Crippen molar-refractivity contribution in [3.63, 3.8) is 0 Å². The molecule has 1 aromatic carbocycles. The second-order valence-electron chi connectivity index (χ2n) is 4.05. The van der Waals surface area contributed by atoms with Gasteiger partial charge in [-0.1, -0.05) is 6.58 Å². The molecule has 1 aliphatic carbocycles. The van der Waals surface area contributed by atoms with Crippen molar-refractivity contribution in [1.29, 1.82) is 0 Å². The van der Waals surface area contributed by atoms with Crippen LogP contribution in [0, 0.1) is 0 Å². The first-order valence-corrected chi connectivity index (χ1v) is 5.63. The van der Waals surface area contributed by atoms with E-state index in [1.54, 1.807) is 7.11 Å². The summed E-state index contributed by atoms with van der Waals surface area (Å²) in [5.74, 6) is 0.927. The molecule has 0 heterocycles. The molecule has 0 saturated carbocycles. The number of ketones is 1. The molecule has 0 aromatic heterocycles. The highest BCUT2D eigenvalue weighted by Gasteiger charge is 2.19. The summed E-state index contributed by atoms with van der Waals surface area (Å²) in [5, 5.41) is 0. The van der Waals surface area contributed by atoms with Gasteiger partial charge in [-0.2, -0.15) is 0 Å². The number of carbonyl (C=O) groups excluding carboxylic acids is 1. The minimum absolute atomic E-state index is 0.0146. The molecular formula is C14H16O2. The van der Waals surface area contributed by atoms with Gasteiger partial charge in [0.15, 0.2) is 5.78 Å². The number of hydrogen-bond donors (Lipinski definition) is 0. The van der Waals surface area contributed by atoms with Crippen molar-refractivity contribution in [1.82, 2.24) is 0 Å². The maximum Gasteiger partial charge on any atom is 0.185 e. The van der Waals surface area contributed by atoms with Gasteiger partial charge in [-0.05, 0) is 55.0 Å². The summed E-state index contributed by atoms with van der Waals surface area (Å²) in [6, 6.07) is 3.74. The number of rotatable bonds is 3. The molecule has 16 heavy (non-hydrogen) atoms. The van der Waals surface area contributed by atoms with Crippen LogP contribution >= 0.6 is 0 Å². The van der Waals surface area contributed by atoms with Crippen molar-refractivity contribution in [3.05, 3.63) is 41.5 Å². The Bertz CT molecular complexity index is 433. The maximum atomic E-state index is 11.7. The van der Waals surface area contributed by atoms with Gasteiger partial charge >= 0.3 is 0 Å². The molecule has 0 spiro atoms. The largest absolute Gasteiger partial charge is 0.496 e. The minimum Gasteiger partial charge on any atom is -0.496 e. The Labute approximate surface area is 95.9 Å². The zero-order chi connectivity index (χ0) is 11.5. The van der Waals surface area contributed by atoms with Gasteiger partial charge in [0.25, 0.3) is 0 Å². The predicted octanol–water partition coefficient (Wildman–Crippen LogP) is 2.94. The van der Waals surface area contributed by atoms with Crippen LogP contribution in [0.25, 0.3) is 0 Å². The SMILES string of the molecule is C=CC(=O)c1ccc(OC)c2c1CCCC2. The zero-order valence-electron chi connectivity index (χ0n) is 9.58. The quantitative estimate of drug-likeness (QED) is 0.573. The summed E-state index contributed by atoms with van der Waals surface area (Å²) >= 11 is 0. The Hall–Kier alpha value is -1.57. The molecule has 0 fully saturated rings. The number of ether oxygens (including phenoxy) is 1. The average Bonchev–Trinajstić information content (AvgIpc) is 2.36. The van der Waals surface area contributed by atoms with E-state index in [0.717, 1.165) is 36.1 Å². The maximum absolute atomic E-state index is 11.7. The molecule has 2 rings (SSSR count). The Kier molecular flexibility index (Phi) is 3.09. The van der Waals surface area contributed by atoms with Crippen LogP contribution in [-0.4, -0.2) is 12.9 Å². The van der Waals surface area contributed by atoms with E-state index in [-0.39, 0.29) is 5.78 Å². The Balaban J connectivity index is 2.56. The highest BCUT2D eigenvalue weighted by Crippen LogP contribution is 2.32. The number of hydrogen-bond acceptors (Lipinski definition) is 2. The summed E-state index contributed by atoms with van der Waals surface area (Å²) in [4.78, 5) is 11.7. The van der Waals surface area contributed by atoms with E-state index in [2.05, 4.69) is 6.58 Å². The number of carbonyl (C=O) groups is 1. The molecule has 0 amide bonds. The first kappa shape index (κ1) is 10.9. The standard InChI is InChI=1S/C14H16O2/c1-3-13(15)11-8-9-14(16-2)12-7-5-4-6-10(11)12/h3,8-9H,1,4-7H2,2H3. The van der Waals surface area contributed by atoms with Gasteiger partial charge in [-0.3, -0.25) is 4.79 Å². The first-order valence-electron chi connectivity index (χ1n) is 5.63. The van der Waals surface area contributed by atoms with Crippen LogP contribution in [0.2, 0.25) is 0 Å². The molecular weight excluding hydrogens is 200 g/mol. The molecule has 2 nitrogen and oxygen atoms in total. The van der Waals surface area contributed by atoms with E-state index in [0.29, 0.717) is 0 Å². The molecule has 0 unspecified atom stereocenters. The summed E-state index contributed by atoms with van der Waals surface area (Å²) in [7, 11) is 1.68. The number of allylic oxidation sites excluding steroid dienone is 1. The molecule has 1 aliphatic rings. The molecule has 0 bridgehead atoms. The first-order chi connectivity index (χ1) is 7.77. The smallest absolute Gasteiger partial charge is 0.185 e. The molecule has 0 saturated heterocycles. The normalized spacial score (nSPS) is 14.1. The van der Waals surface area contributed by atoms with Gasteiger partial charge in [0, 0.05) is 5.56 Å². The van der Waals surface area contributed by atoms with Gasteiger partial charge in [0.05, 0.1) is 7.11 Å². The van der Waals surface area contributed by atoms with Crippen molar-refractivity contribution in [2.24, 2.45) is 0 Å². The number of benzene rings is 1. The number of methoxy groups -OCH3 is 1. The third-order valence-corrected chi connectivity index (χ3v) is 3.16. The average molecular weight is 216 g/mol. The van der Waals surface area contributed by atoms with Gasteiger partial charge in [-0.15, -0.1) is 0 Å². The van der Waals surface area contributed by atoms with Crippen LogP contribution < -0.4 is 4.74 Å². The fraction of sp³-hybridized carbons (Fsp3) is 0.357. The van der Waals surface area contributed by atoms with E-state index in [9.17, 15) is 4.79 Å². The van der Waals surface area contributed by atoms with Crippen molar-refractivity contribution in [2.45, 2.75) is 25.7 Å². The monoisotopic (exact) mass is 216 g/mol. The summed E-state index contributed by atoms with van der Waals surface area (Å²) in [5.41, 5.74) is 3.17. The van der Waals surface area contributed by atoms with E-state index in [1.165, 1.54) is 18.1 Å². The molecule has 0 aliphatic heterocycles. The second kappa shape index (κ2) is 4.52. The van der Waals surface area contributed by atoms with Crippen molar-refractivity contribution < 1.29 is 9.53 Å². The molecule has 1 aromatic rings. The highest BCUT2D eigenvalue weighted by molar-refractivity contribution is 6.05. The van der Waals surface area contributed by atoms with Crippen molar-refractivity contribution >= 4 is 5.78 Å². The summed E-state index contributed by atoms with van der Waals surface area (Å²) in [6.07, 6.45) is 5.70. The molecule has 84 valence electrons. The lowest BCUT2D eigenvalue weighted by Gasteiger charge is -2.20. The van der Waals surface area contributed by atoms with Crippen LogP contribution in [0.5, 0.6) is 5.75 Å². The Morgan fingerprint density at radius 1 is 1.31 bits per heavy atom. The van der Waals surface area contributed by atoms with Crippen LogP contribution in [0.4, 0.5) is 0 Å². The fourth-order valence-corrected chi connectivity index (χ4v) is 2.37. The van der Waals surface area contributed by atoms with Gasteiger partial charge in [0.2, 0.25) is 0 Å². The van der Waals surface area contributed by atoms with Crippen LogP contribution in [0.15, 0.2) is 24.8 Å². The van der Waals surface area contributed by atoms with Crippen LogP contribution in [0.3, 0.4) is 0 Å². The highest BCUT2D eigenvalue weighted by atomic mass is 16.5. The number of fused-ring (bicyclic) bond motifs is 1. The zero-order valence-corrected chi connectivity index (χ0v) is 9.58. The van der Waals surface area contributed by atoms with Crippen LogP contribution in [-0.2, 0) is 12.8 Å². The Morgan fingerprint density at radius 3 is 2.62 bits per heavy atom. The minimum atomic E-state index is 0.0146. The van der Waals surface area contributed by atoms with Crippen molar-refractivity contribution in [2.75, 3.05) is 7.11 Å². The lowest BCUT2D eigenvalue weighted by Crippen LogP contribution is -2.10. The molecule has 0 N–H and O–H groups in total. The summed E-state index contributed by atoms with van der Waals surface area (Å²) < 4.78 is 5.34. The van der Waals surface area contributed by atoms with Gasteiger partial charge < -0.3 is 4.74 Å². The third kappa shape index (κ3) is 1.75. The van der Waals surface area contributed by atoms with E-state index < -0.39 is 0 Å². The van der Waals surface area contributed by atoms with Crippen molar-refractivity contribution in [3.8, 4) is 5.75 Å². The van der Waals surface area contributed by atoms with E-state index >= 15 is 0 Å². The lowest BCUT2D eigenvalue weighted by atomic mass is 9.86. The molecule has 0 atom stereocenters. The third-order valence-electron chi connectivity index (χ3n) is 3.16. The fourth-order valence-electron chi connectivity index (χ4n) is 2.37. The molecule has 2 heteroatoms. The molecule has 0 radical (unpaired) electrons. The Morgan fingerprint density at radius 2 is 2.00 bits per heavy atom. The topological polar surface area (TPSA) is 26.3 Å². The lowest BCUT2D eigenvalue weighted by molar-refractivity contribution is 0.104. The van der Waals surface area contributed by atoms with Gasteiger partial charge in [0.1, 0.15) is 5.75 Å². The van der Waals surface area contributed by atoms with Crippen LogP contribution in [0.1, 0.15) is 34.3 Å². The van der Waals surface area contributed by atoms with E-state index in [1.807, 2.05) is 12.1 Å². The second-order valence-corrected chi connectivity index (χ2v) is 4.05.